The van der Waals surface area contributed by atoms with Crippen molar-refractivity contribution in [2.75, 3.05) is 5.75 Å². The number of rotatable bonds is 4. The molecule has 0 fully saturated rings. The van der Waals surface area contributed by atoms with Crippen molar-refractivity contribution in [3.05, 3.63) is 76.6 Å². The highest BCUT2D eigenvalue weighted by Crippen LogP contribution is 2.38. The van der Waals surface area contributed by atoms with Crippen LogP contribution in [0.25, 0.3) is 11.3 Å². The van der Waals surface area contributed by atoms with Crippen LogP contribution in [0.5, 0.6) is 0 Å². The van der Waals surface area contributed by atoms with Gasteiger partial charge in [-0.15, -0.1) is 23.1 Å². The third-order valence-corrected chi connectivity index (χ3v) is 6.22. The molecule has 2 aromatic carbocycles. The summed E-state index contributed by atoms with van der Waals surface area (Å²) >= 11 is 3.64. The van der Waals surface area contributed by atoms with Crippen LogP contribution in [-0.2, 0) is 6.42 Å². The number of aromatic nitrogens is 1. The van der Waals surface area contributed by atoms with Crippen molar-refractivity contribution in [2.24, 2.45) is 4.99 Å². The molecule has 0 saturated heterocycles. The molecule has 1 unspecified atom stereocenters. The Bertz CT molecular complexity index is 856. The number of aliphatic imine (C=N–C) groups is 1. The molecule has 1 aliphatic rings. The standard InChI is InChI=1S/C20H18N2S2/c1-20(22-18(14-24-20)16-10-6-3-7-11-16)12-19-21-17(13-23-19)15-8-4-2-5-9-15/h2-11,13H,12,14H2,1H3. The first-order valence-corrected chi connectivity index (χ1v) is 9.86. The zero-order chi connectivity index (χ0) is 16.4. The third kappa shape index (κ3) is 3.30. The molecule has 24 heavy (non-hydrogen) atoms. The zero-order valence-electron chi connectivity index (χ0n) is 13.5. The minimum Gasteiger partial charge on any atom is -0.271 e. The lowest BCUT2D eigenvalue weighted by atomic mass is 10.1. The van der Waals surface area contributed by atoms with Gasteiger partial charge < -0.3 is 0 Å². The number of hydrogen-bond acceptors (Lipinski definition) is 4. The van der Waals surface area contributed by atoms with Gasteiger partial charge in [-0.2, -0.15) is 0 Å². The van der Waals surface area contributed by atoms with Gasteiger partial charge in [0.05, 0.1) is 16.4 Å². The molecule has 0 spiro atoms. The van der Waals surface area contributed by atoms with Gasteiger partial charge in [0.1, 0.15) is 4.87 Å². The molecule has 0 aliphatic carbocycles. The molecule has 4 heteroatoms. The summed E-state index contributed by atoms with van der Waals surface area (Å²) in [6, 6.07) is 20.8. The van der Waals surface area contributed by atoms with Crippen LogP contribution in [0.3, 0.4) is 0 Å². The molecular weight excluding hydrogens is 332 g/mol. The van der Waals surface area contributed by atoms with Crippen LogP contribution >= 0.6 is 23.1 Å². The van der Waals surface area contributed by atoms with E-state index in [0.717, 1.165) is 22.9 Å². The highest BCUT2D eigenvalue weighted by Gasteiger charge is 2.32. The van der Waals surface area contributed by atoms with Gasteiger partial charge in [0.15, 0.2) is 0 Å². The van der Waals surface area contributed by atoms with Gasteiger partial charge >= 0.3 is 0 Å². The first kappa shape index (κ1) is 15.6. The number of nitrogens with zero attached hydrogens (tertiary/aromatic N) is 2. The third-order valence-electron chi connectivity index (χ3n) is 4.10. The van der Waals surface area contributed by atoms with Crippen LogP contribution < -0.4 is 0 Å². The number of thioether (sulfide) groups is 1. The van der Waals surface area contributed by atoms with E-state index in [2.05, 4.69) is 60.8 Å². The Hall–Kier alpha value is -1.91. The van der Waals surface area contributed by atoms with Crippen LogP contribution in [0.2, 0.25) is 0 Å². The SMILES string of the molecule is CC1(Cc2nc(-c3ccccc3)cs2)N=C(c2ccccc2)CS1. The first-order chi connectivity index (χ1) is 11.7. The fourth-order valence-electron chi connectivity index (χ4n) is 2.86. The Balaban J connectivity index is 1.53. The number of benzene rings is 2. The molecule has 1 atom stereocenters. The van der Waals surface area contributed by atoms with Crippen molar-refractivity contribution in [1.29, 1.82) is 0 Å². The molecule has 120 valence electrons. The second-order valence-electron chi connectivity index (χ2n) is 6.06. The van der Waals surface area contributed by atoms with Crippen molar-refractivity contribution in [3.63, 3.8) is 0 Å². The summed E-state index contributed by atoms with van der Waals surface area (Å²) in [7, 11) is 0. The normalized spacial score (nSPS) is 20.1. The summed E-state index contributed by atoms with van der Waals surface area (Å²) in [5.74, 6) is 0.970. The van der Waals surface area contributed by atoms with Crippen LogP contribution in [-0.4, -0.2) is 21.3 Å². The summed E-state index contributed by atoms with van der Waals surface area (Å²) in [6.45, 7) is 2.22. The van der Waals surface area contributed by atoms with E-state index >= 15 is 0 Å². The average molecular weight is 351 g/mol. The molecule has 4 rings (SSSR count). The predicted molar refractivity (Wildman–Crippen MR) is 105 cm³/mol. The van der Waals surface area contributed by atoms with Gasteiger partial charge in [-0.1, -0.05) is 60.7 Å². The molecule has 2 heterocycles. The van der Waals surface area contributed by atoms with E-state index in [0.29, 0.717) is 0 Å². The van der Waals surface area contributed by atoms with Gasteiger partial charge in [0.25, 0.3) is 0 Å². The largest absolute Gasteiger partial charge is 0.271 e. The Morgan fingerprint density at radius 2 is 1.62 bits per heavy atom. The summed E-state index contributed by atoms with van der Waals surface area (Å²) < 4.78 is 0. The summed E-state index contributed by atoms with van der Waals surface area (Å²) in [4.78, 5) is 9.72. The van der Waals surface area contributed by atoms with E-state index in [4.69, 9.17) is 9.98 Å². The van der Waals surface area contributed by atoms with E-state index < -0.39 is 0 Å². The monoisotopic (exact) mass is 350 g/mol. The molecule has 2 nitrogen and oxygen atoms in total. The molecule has 0 amide bonds. The molecular formula is C20H18N2S2. The molecule has 0 radical (unpaired) electrons. The minimum absolute atomic E-state index is 0.114. The van der Waals surface area contributed by atoms with Gasteiger partial charge in [-0.3, -0.25) is 4.99 Å². The zero-order valence-corrected chi connectivity index (χ0v) is 15.1. The van der Waals surface area contributed by atoms with Crippen LogP contribution in [0.15, 0.2) is 71.0 Å². The van der Waals surface area contributed by atoms with E-state index in [1.54, 1.807) is 11.3 Å². The van der Waals surface area contributed by atoms with E-state index in [-0.39, 0.29) is 4.87 Å². The summed E-state index contributed by atoms with van der Waals surface area (Å²) in [5, 5.41) is 3.30. The Morgan fingerprint density at radius 1 is 0.958 bits per heavy atom. The average Bonchev–Trinajstić information content (AvgIpc) is 3.24. The molecule has 0 saturated carbocycles. The fraction of sp³-hybridized carbons (Fsp3) is 0.200. The topological polar surface area (TPSA) is 25.2 Å². The highest BCUT2D eigenvalue weighted by atomic mass is 32.2. The molecule has 1 aromatic heterocycles. The maximum atomic E-state index is 5.01. The fourth-order valence-corrected chi connectivity index (χ4v) is 4.99. The molecule has 0 bridgehead atoms. The summed E-state index contributed by atoms with van der Waals surface area (Å²) in [5.41, 5.74) is 4.67. The minimum atomic E-state index is -0.114. The van der Waals surface area contributed by atoms with Crippen molar-refractivity contribution in [1.82, 2.24) is 4.98 Å². The van der Waals surface area contributed by atoms with Crippen LogP contribution in [0.1, 0.15) is 17.5 Å². The quantitative estimate of drug-likeness (QED) is 0.637. The smallest absolute Gasteiger partial charge is 0.110 e. The molecule has 0 N–H and O–H groups in total. The van der Waals surface area contributed by atoms with Crippen molar-refractivity contribution < 1.29 is 0 Å². The van der Waals surface area contributed by atoms with Crippen molar-refractivity contribution >= 4 is 28.8 Å². The second-order valence-corrected chi connectivity index (χ2v) is 8.46. The Labute approximate surface area is 150 Å². The lowest BCUT2D eigenvalue weighted by Crippen LogP contribution is -2.17. The van der Waals surface area contributed by atoms with E-state index in [1.807, 2.05) is 23.9 Å². The van der Waals surface area contributed by atoms with Crippen molar-refractivity contribution in [2.45, 2.75) is 18.2 Å². The molecule has 3 aromatic rings. The first-order valence-electron chi connectivity index (χ1n) is 8.00. The lowest BCUT2D eigenvalue weighted by Gasteiger charge is -2.17. The maximum absolute atomic E-state index is 5.01. The summed E-state index contributed by atoms with van der Waals surface area (Å²) in [6.07, 6.45) is 0.880. The van der Waals surface area contributed by atoms with E-state index in [9.17, 15) is 0 Å². The highest BCUT2D eigenvalue weighted by molar-refractivity contribution is 8.01. The van der Waals surface area contributed by atoms with Gasteiger partial charge in [0.2, 0.25) is 0 Å². The Kier molecular flexibility index (Phi) is 4.25. The lowest BCUT2D eigenvalue weighted by molar-refractivity contribution is 0.682. The Morgan fingerprint density at radius 3 is 2.33 bits per heavy atom. The maximum Gasteiger partial charge on any atom is 0.110 e. The van der Waals surface area contributed by atoms with Gasteiger partial charge in [-0.25, -0.2) is 4.98 Å². The van der Waals surface area contributed by atoms with E-state index in [1.165, 1.54) is 16.8 Å². The van der Waals surface area contributed by atoms with Gasteiger partial charge in [-0.05, 0) is 12.5 Å². The number of hydrogen-bond donors (Lipinski definition) is 0. The predicted octanol–water partition coefficient (Wildman–Crippen LogP) is 5.30. The second kappa shape index (κ2) is 6.54. The van der Waals surface area contributed by atoms with Crippen molar-refractivity contribution in [3.8, 4) is 11.3 Å². The molecule has 1 aliphatic heterocycles. The van der Waals surface area contributed by atoms with Gasteiger partial charge in [0, 0.05) is 23.1 Å². The number of thiazole rings is 1. The van der Waals surface area contributed by atoms with Crippen LogP contribution in [0, 0.1) is 0 Å². The van der Waals surface area contributed by atoms with Crippen LogP contribution in [0.4, 0.5) is 0 Å².